The van der Waals surface area contributed by atoms with Crippen molar-refractivity contribution in [2.75, 3.05) is 5.32 Å². The summed E-state index contributed by atoms with van der Waals surface area (Å²) in [5, 5.41) is 14.6. The fourth-order valence-electron chi connectivity index (χ4n) is 3.91. The van der Waals surface area contributed by atoms with Gasteiger partial charge in [0, 0.05) is 23.7 Å². The Balaban J connectivity index is 1.75. The lowest BCUT2D eigenvalue weighted by Crippen LogP contribution is -2.29. The van der Waals surface area contributed by atoms with Crippen LogP contribution in [0.2, 0.25) is 0 Å². The predicted octanol–water partition coefficient (Wildman–Crippen LogP) is 4.73. The highest BCUT2D eigenvalue weighted by Crippen LogP contribution is 2.50. The van der Waals surface area contributed by atoms with Crippen LogP contribution in [0.15, 0.2) is 54.6 Å². The van der Waals surface area contributed by atoms with Crippen molar-refractivity contribution in [3.05, 3.63) is 81.4 Å². The summed E-state index contributed by atoms with van der Waals surface area (Å²) in [5.41, 5.74) is 5.07. The third-order valence-corrected chi connectivity index (χ3v) is 5.07. The number of nitro benzene ring substituents is 1. The topological polar surface area (TPSA) is 55.2 Å². The molecule has 0 radical (unpaired) electrons. The van der Waals surface area contributed by atoms with Gasteiger partial charge in [0.05, 0.1) is 11.0 Å². The van der Waals surface area contributed by atoms with Gasteiger partial charge in [-0.3, -0.25) is 10.1 Å². The molecule has 4 nitrogen and oxygen atoms in total. The quantitative estimate of drug-likeness (QED) is 0.496. The molecule has 4 rings (SSSR count). The van der Waals surface area contributed by atoms with Crippen molar-refractivity contribution in [2.24, 2.45) is 5.92 Å². The molecule has 3 unspecified atom stereocenters. The Bertz CT molecular complexity index is 796. The van der Waals surface area contributed by atoms with E-state index in [4.69, 9.17) is 0 Å². The van der Waals surface area contributed by atoms with Gasteiger partial charge in [-0.25, -0.2) is 0 Å². The standard InChI is InChI=1S/C19H18N2O2/c1-12-4-2-6-16-15-5-3-7-17(15)19(20-18(12)16)13-8-10-14(11-9-13)21(22)23/h2-6,8-11,15,17,19-20H,7H2,1H3. The first-order chi connectivity index (χ1) is 11.1. The molecule has 1 N–H and O–H groups in total. The highest BCUT2D eigenvalue weighted by molar-refractivity contribution is 5.64. The Labute approximate surface area is 135 Å². The number of non-ortho nitro benzene ring substituents is 1. The van der Waals surface area contributed by atoms with Crippen molar-refractivity contribution in [3.8, 4) is 0 Å². The number of para-hydroxylation sites is 1. The van der Waals surface area contributed by atoms with Crippen molar-refractivity contribution in [1.82, 2.24) is 0 Å². The van der Waals surface area contributed by atoms with Gasteiger partial charge in [0.25, 0.3) is 5.69 Å². The molecule has 0 bridgehead atoms. The zero-order valence-corrected chi connectivity index (χ0v) is 12.9. The first-order valence-corrected chi connectivity index (χ1v) is 7.92. The number of fused-ring (bicyclic) bond motifs is 3. The summed E-state index contributed by atoms with van der Waals surface area (Å²) in [6.45, 7) is 2.12. The van der Waals surface area contributed by atoms with Gasteiger partial charge in [-0.05, 0) is 36.0 Å². The van der Waals surface area contributed by atoms with Crippen LogP contribution in [0.1, 0.15) is 35.1 Å². The molecular formula is C19H18N2O2. The van der Waals surface area contributed by atoms with Crippen LogP contribution < -0.4 is 5.32 Å². The molecule has 23 heavy (non-hydrogen) atoms. The number of rotatable bonds is 2. The highest BCUT2D eigenvalue weighted by Gasteiger charge is 2.38. The Morgan fingerprint density at radius 3 is 2.70 bits per heavy atom. The number of allylic oxidation sites excluding steroid dienone is 2. The van der Waals surface area contributed by atoms with Gasteiger partial charge >= 0.3 is 0 Å². The number of hydrogen-bond acceptors (Lipinski definition) is 3. The molecule has 116 valence electrons. The van der Waals surface area contributed by atoms with Crippen LogP contribution in [0.3, 0.4) is 0 Å². The Morgan fingerprint density at radius 1 is 1.17 bits per heavy atom. The average Bonchev–Trinajstić information content (AvgIpc) is 3.04. The maximum absolute atomic E-state index is 10.9. The van der Waals surface area contributed by atoms with Crippen molar-refractivity contribution >= 4 is 11.4 Å². The van der Waals surface area contributed by atoms with E-state index in [9.17, 15) is 10.1 Å². The molecular weight excluding hydrogens is 288 g/mol. The largest absolute Gasteiger partial charge is 0.377 e. The molecule has 2 aliphatic rings. The van der Waals surface area contributed by atoms with Crippen LogP contribution in [0, 0.1) is 23.0 Å². The zero-order chi connectivity index (χ0) is 16.0. The van der Waals surface area contributed by atoms with Gasteiger partial charge in [-0.2, -0.15) is 0 Å². The summed E-state index contributed by atoms with van der Waals surface area (Å²) >= 11 is 0. The maximum atomic E-state index is 10.9. The highest BCUT2D eigenvalue weighted by atomic mass is 16.6. The van der Waals surface area contributed by atoms with E-state index in [0.717, 1.165) is 12.0 Å². The van der Waals surface area contributed by atoms with Crippen LogP contribution in [-0.4, -0.2) is 4.92 Å². The molecule has 0 spiro atoms. The van der Waals surface area contributed by atoms with Crippen molar-refractivity contribution < 1.29 is 4.92 Å². The molecule has 0 aromatic heterocycles. The number of nitrogens with zero attached hydrogens (tertiary/aromatic N) is 1. The number of aryl methyl sites for hydroxylation is 1. The molecule has 0 fully saturated rings. The molecule has 1 aliphatic carbocycles. The van der Waals surface area contributed by atoms with Gasteiger partial charge in [0.2, 0.25) is 0 Å². The Kier molecular flexibility index (Phi) is 3.18. The third-order valence-electron chi connectivity index (χ3n) is 5.07. The van der Waals surface area contributed by atoms with E-state index in [1.165, 1.54) is 16.8 Å². The second kappa shape index (κ2) is 5.23. The lowest BCUT2D eigenvalue weighted by atomic mass is 9.76. The first kappa shape index (κ1) is 14.0. The minimum absolute atomic E-state index is 0.141. The SMILES string of the molecule is Cc1cccc2c1NC(c1ccc([N+](=O)[O-])cc1)C1CC=CC21. The second-order valence-electron chi connectivity index (χ2n) is 6.36. The fourth-order valence-corrected chi connectivity index (χ4v) is 3.91. The van der Waals surface area contributed by atoms with E-state index in [-0.39, 0.29) is 16.7 Å². The first-order valence-electron chi connectivity index (χ1n) is 7.92. The van der Waals surface area contributed by atoms with Crippen LogP contribution in [0.5, 0.6) is 0 Å². The number of nitrogens with one attached hydrogen (secondary N) is 1. The molecule has 2 aromatic rings. The Hall–Kier alpha value is -2.62. The molecule has 0 saturated carbocycles. The molecule has 3 atom stereocenters. The van der Waals surface area contributed by atoms with E-state index in [1.807, 2.05) is 12.1 Å². The van der Waals surface area contributed by atoms with Crippen LogP contribution >= 0.6 is 0 Å². The molecule has 1 aliphatic heterocycles. The van der Waals surface area contributed by atoms with Crippen LogP contribution in [0.25, 0.3) is 0 Å². The lowest BCUT2D eigenvalue weighted by Gasteiger charge is -2.38. The van der Waals surface area contributed by atoms with Crippen molar-refractivity contribution in [2.45, 2.75) is 25.3 Å². The summed E-state index contributed by atoms with van der Waals surface area (Å²) in [6, 6.07) is 13.6. The summed E-state index contributed by atoms with van der Waals surface area (Å²) in [7, 11) is 0. The normalized spacial score (nSPS) is 24.7. The lowest BCUT2D eigenvalue weighted by molar-refractivity contribution is -0.384. The van der Waals surface area contributed by atoms with Crippen molar-refractivity contribution in [3.63, 3.8) is 0 Å². The number of benzene rings is 2. The monoisotopic (exact) mass is 306 g/mol. The molecule has 0 saturated heterocycles. The third kappa shape index (κ3) is 2.22. The smallest absolute Gasteiger partial charge is 0.269 e. The number of anilines is 1. The molecule has 1 heterocycles. The van der Waals surface area contributed by atoms with E-state index in [1.54, 1.807) is 12.1 Å². The average molecular weight is 306 g/mol. The predicted molar refractivity (Wildman–Crippen MR) is 90.6 cm³/mol. The van der Waals surface area contributed by atoms with Gasteiger partial charge in [-0.15, -0.1) is 0 Å². The van der Waals surface area contributed by atoms with Gasteiger partial charge in [-0.1, -0.05) is 42.5 Å². The van der Waals surface area contributed by atoms with Crippen LogP contribution in [0.4, 0.5) is 11.4 Å². The zero-order valence-electron chi connectivity index (χ0n) is 12.9. The summed E-state index contributed by atoms with van der Waals surface area (Å²) < 4.78 is 0. The van der Waals surface area contributed by atoms with E-state index >= 15 is 0 Å². The number of nitro groups is 1. The van der Waals surface area contributed by atoms with Gasteiger partial charge in [0.1, 0.15) is 0 Å². The minimum atomic E-state index is -0.350. The minimum Gasteiger partial charge on any atom is -0.377 e. The van der Waals surface area contributed by atoms with E-state index < -0.39 is 0 Å². The summed E-state index contributed by atoms with van der Waals surface area (Å²) in [6.07, 6.45) is 5.60. The summed E-state index contributed by atoms with van der Waals surface area (Å²) in [4.78, 5) is 10.5. The molecule has 4 heteroatoms. The van der Waals surface area contributed by atoms with Gasteiger partial charge in [0.15, 0.2) is 0 Å². The number of hydrogen-bond donors (Lipinski definition) is 1. The maximum Gasteiger partial charge on any atom is 0.269 e. The molecule has 2 aromatic carbocycles. The van der Waals surface area contributed by atoms with E-state index in [0.29, 0.717) is 11.8 Å². The van der Waals surface area contributed by atoms with Crippen molar-refractivity contribution in [1.29, 1.82) is 0 Å². The fraction of sp³-hybridized carbons (Fsp3) is 0.263. The van der Waals surface area contributed by atoms with E-state index in [2.05, 4.69) is 42.6 Å². The van der Waals surface area contributed by atoms with Gasteiger partial charge < -0.3 is 5.32 Å². The Morgan fingerprint density at radius 2 is 1.96 bits per heavy atom. The summed E-state index contributed by atoms with van der Waals surface area (Å²) in [5.74, 6) is 0.886. The molecule has 0 amide bonds. The van der Waals surface area contributed by atoms with Crippen LogP contribution in [-0.2, 0) is 0 Å². The second-order valence-corrected chi connectivity index (χ2v) is 6.36.